The van der Waals surface area contributed by atoms with Crippen LogP contribution in [-0.2, 0) is 29.5 Å². The number of nitrogens with zero attached hydrogens (tertiary/aromatic N) is 6. The number of hydrogen-bond donors (Lipinski definition) is 4. The minimum absolute atomic E-state index is 0.0795. The summed E-state index contributed by atoms with van der Waals surface area (Å²) in [5.41, 5.74) is 4.65. The van der Waals surface area contributed by atoms with Crippen LogP contribution in [0.4, 0.5) is 0 Å². The molecule has 0 spiro atoms. The molecule has 3 heterocycles. The highest BCUT2D eigenvalue weighted by Gasteiger charge is 2.27. The molecule has 16 nitrogen and oxygen atoms in total. The van der Waals surface area contributed by atoms with Gasteiger partial charge in [0.15, 0.2) is 0 Å². The topological polar surface area (TPSA) is 190 Å². The summed E-state index contributed by atoms with van der Waals surface area (Å²) in [6, 6.07) is 27.2. The van der Waals surface area contributed by atoms with Crippen LogP contribution in [0.15, 0.2) is 84.9 Å². The number of amides is 2. The van der Waals surface area contributed by atoms with E-state index in [1.54, 1.807) is 6.07 Å². The van der Waals surface area contributed by atoms with E-state index in [-0.39, 0.29) is 30.9 Å². The van der Waals surface area contributed by atoms with E-state index in [1.165, 1.54) is 14.2 Å². The van der Waals surface area contributed by atoms with Gasteiger partial charge in [-0.15, -0.1) is 0 Å². The number of aromatic nitrogens is 2. The smallest absolute Gasteiger partial charge is 0.341 e. The Hall–Kier alpha value is -4.15. The first-order chi connectivity index (χ1) is 31.7. The summed E-state index contributed by atoms with van der Waals surface area (Å²) in [5, 5.41) is 9.45. The van der Waals surface area contributed by atoms with Crippen molar-refractivity contribution in [1.82, 2.24) is 40.2 Å². The average Bonchev–Trinajstić information content (AvgIpc) is 3.30. The lowest BCUT2D eigenvalue weighted by atomic mass is 10.0. The van der Waals surface area contributed by atoms with Gasteiger partial charge in [0.25, 0.3) is 5.91 Å². The molecule has 3 aromatic carbocycles. The number of carbonyl (C=O) groups excluding carboxylic acids is 2. The van der Waals surface area contributed by atoms with Crippen LogP contribution in [0.2, 0.25) is 5.02 Å². The van der Waals surface area contributed by atoms with Crippen molar-refractivity contribution in [2.24, 2.45) is 0 Å². The number of hydrogen-bond acceptors (Lipinski definition) is 12. The van der Waals surface area contributed by atoms with Gasteiger partial charge in [-0.05, 0) is 55.5 Å². The Morgan fingerprint density at radius 3 is 1.92 bits per heavy atom. The summed E-state index contributed by atoms with van der Waals surface area (Å²) < 4.78 is 35.6. The van der Waals surface area contributed by atoms with Gasteiger partial charge in [0.1, 0.15) is 18.3 Å². The van der Waals surface area contributed by atoms with Crippen molar-refractivity contribution in [2.75, 3.05) is 98.8 Å². The number of aryl methyl sites for hydroxylation is 1. The van der Waals surface area contributed by atoms with E-state index in [0.29, 0.717) is 88.4 Å². The lowest BCUT2D eigenvalue weighted by Gasteiger charge is -2.34. The highest BCUT2D eigenvalue weighted by atomic mass is 35.5. The summed E-state index contributed by atoms with van der Waals surface area (Å²) in [4.78, 5) is 65.1. The van der Waals surface area contributed by atoms with E-state index in [4.69, 9.17) is 30.6 Å². The third-order valence-corrected chi connectivity index (χ3v) is 14.7. The van der Waals surface area contributed by atoms with Gasteiger partial charge in [-0.3, -0.25) is 43.3 Å². The van der Waals surface area contributed by atoms with Crippen molar-refractivity contribution in [1.29, 1.82) is 0 Å². The number of rotatable bonds is 19. The monoisotopic (exact) mass is 964 g/mol. The minimum atomic E-state index is -3.90. The van der Waals surface area contributed by atoms with Crippen molar-refractivity contribution in [2.45, 2.75) is 39.2 Å². The SMILES string of the molecule is COP(=O)(O)CN1CCN(CC(=O)NCCCCCCNC(=O)c2cc3ccccc3c(-c3ccccc3Cl)n2)CCN(CP(=O)(O)OC)CCN(Cc2ccc3cc(C)ccc3n2)CC1. The number of halogens is 1. The lowest BCUT2D eigenvalue weighted by Crippen LogP contribution is -2.48. The molecular weight excluding hydrogens is 902 g/mol. The number of carbonyl (C=O) groups is 2. The molecule has 0 radical (unpaired) electrons. The molecule has 66 heavy (non-hydrogen) atoms. The quantitative estimate of drug-likeness (QED) is 0.0499. The second-order valence-corrected chi connectivity index (χ2v) is 21.0. The first kappa shape index (κ1) is 51.2. The number of nitrogens with one attached hydrogen (secondary N) is 2. The molecule has 2 unspecified atom stereocenters. The van der Waals surface area contributed by atoms with Crippen molar-refractivity contribution in [3.63, 3.8) is 0 Å². The first-order valence-electron chi connectivity index (χ1n) is 22.4. The van der Waals surface area contributed by atoms with E-state index in [0.717, 1.165) is 64.2 Å². The molecule has 19 heteroatoms. The molecule has 0 aliphatic carbocycles. The molecule has 2 atom stereocenters. The summed E-state index contributed by atoms with van der Waals surface area (Å²) in [6.07, 6.45) is 2.87. The summed E-state index contributed by atoms with van der Waals surface area (Å²) in [6.45, 7) is 7.08. The Kier molecular flexibility index (Phi) is 19.2. The van der Waals surface area contributed by atoms with Crippen LogP contribution >= 0.6 is 26.8 Å². The van der Waals surface area contributed by atoms with E-state index in [1.807, 2.05) is 88.4 Å². The Morgan fingerprint density at radius 2 is 1.27 bits per heavy atom. The van der Waals surface area contributed by atoms with Crippen LogP contribution < -0.4 is 10.6 Å². The van der Waals surface area contributed by atoms with Crippen LogP contribution in [0.5, 0.6) is 0 Å². The fraction of sp³-hybridized carbons (Fsp3) is 0.447. The van der Waals surface area contributed by atoms with Gasteiger partial charge in [0, 0.05) is 108 Å². The molecule has 5 aromatic rings. The highest BCUT2D eigenvalue weighted by molar-refractivity contribution is 7.52. The maximum absolute atomic E-state index is 13.3. The molecular formula is C47H63ClN8O8P2. The van der Waals surface area contributed by atoms with Crippen LogP contribution in [0.1, 0.15) is 47.4 Å². The van der Waals surface area contributed by atoms with Gasteiger partial charge in [0.05, 0.1) is 23.4 Å². The molecule has 356 valence electrons. The van der Waals surface area contributed by atoms with Gasteiger partial charge < -0.3 is 29.5 Å². The fourth-order valence-electron chi connectivity index (χ4n) is 7.96. The zero-order valence-corrected chi connectivity index (χ0v) is 40.7. The van der Waals surface area contributed by atoms with E-state index in [9.17, 15) is 28.5 Å². The molecule has 1 aliphatic heterocycles. The van der Waals surface area contributed by atoms with Crippen LogP contribution in [0.25, 0.3) is 32.9 Å². The number of fused-ring (bicyclic) bond motifs is 2. The van der Waals surface area contributed by atoms with Crippen LogP contribution in [0, 0.1) is 6.92 Å². The van der Waals surface area contributed by atoms with Crippen LogP contribution in [0.3, 0.4) is 0 Å². The summed E-state index contributed by atoms with van der Waals surface area (Å²) in [7, 11) is -5.36. The Morgan fingerprint density at radius 1 is 0.682 bits per heavy atom. The predicted molar refractivity (Wildman–Crippen MR) is 261 cm³/mol. The van der Waals surface area contributed by atoms with E-state index in [2.05, 4.69) is 27.7 Å². The molecule has 4 N–H and O–H groups in total. The van der Waals surface area contributed by atoms with Crippen molar-refractivity contribution < 1.29 is 37.6 Å². The molecule has 0 bridgehead atoms. The second-order valence-electron chi connectivity index (χ2n) is 16.8. The molecule has 2 amide bonds. The van der Waals surface area contributed by atoms with E-state index < -0.39 is 15.2 Å². The second kappa shape index (κ2) is 24.7. The number of benzene rings is 3. The van der Waals surface area contributed by atoms with Crippen LogP contribution in [-0.4, -0.2) is 150 Å². The molecule has 1 fully saturated rings. The maximum atomic E-state index is 13.3. The normalized spacial score (nSPS) is 17.1. The van der Waals surface area contributed by atoms with Gasteiger partial charge in [-0.2, -0.15) is 0 Å². The summed E-state index contributed by atoms with van der Waals surface area (Å²) >= 11 is 6.52. The largest absolute Gasteiger partial charge is 0.355 e. The van der Waals surface area contributed by atoms with Gasteiger partial charge in [-0.25, -0.2) is 4.98 Å². The Labute approximate surface area is 392 Å². The molecule has 1 saturated heterocycles. The van der Waals surface area contributed by atoms with Crippen molar-refractivity contribution in [3.8, 4) is 11.3 Å². The lowest BCUT2D eigenvalue weighted by molar-refractivity contribution is -0.122. The standard InChI is InChI=1S/C47H63ClN8O8P2/c1-36-16-19-43-38(30-36)17-18-39(51-43)32-53-22-26-55(34-65(59,60)63-2)28-24-54(25-29-56(27-23-53)35-66(61,62)64-3)33-45(57)49-20-10-4-5-11-21-50-47(58)44-31-37-12-6-7-13-40(37)46(52-44)41-14-8-9-15-42(41)48/h6-9,12-19,30-31H,4-5,10-11,20-29,32-35H2,1-3H3,(H,49,57)(H,50,58)(H,59,60)(H,61,62). The molecule has 0 saturated carbocycles. The first-order valence-corrected chi connectivity index (χ1v) is 26.3. The van der Waals surface area contributed by atoms with Gasteiger partial charge in [0.2, 0.25) is 5.91 Å². The maximum Gasteiger partial charge on any atom is 0.341 e. The Bertz CT molecular complexity index is 2480. The van der Waals surface area contributed by atoms with Gasteiger partial charge in [-0.1, -0.05) is 84.6 Å². The number of pyridine rings is 2. The van der Waals surface area contributed by atoms with Crippen molar-refractivity contribution in [3.05, 3.63) is 107 Å². The molecule has 1 aliphatic rings. The fourth-order valence-corrected chi connectivity index (χ4v) is 9.99. The molecule has 2 aromatic heterocycles. The summed E-state index contributed by atoms with van der Waals surface area (Å²) in [5.74, 6) is -0.417. The predicted octanol–water partition coefficient (Wildman–Crippen LogP) is 6.82. The average molecular weight is 965 g/mol. The zero-order valence-electron chi connectivity index (χ0n) is 38.1. The highest BCUT2D eigenvalue weighted by Crippen LogP contribution is 2.42. The molecule has 6 rings (SSSR count). The van der Waals surface area contributed by atoms with Gasteiger partial charge >= 0.3 is 15.2 Å². The van der Waals surface area contributed by atoms with Crippen molar-refractivity contribution >= 4 is 60.3 Å². The zero-order chi connectivity index (χ0) is 47.1. The van der Waals surface area contributed by atoms with E-state index >= 15 is 0 Å². The Balaban J connectivity index is 0.997. The third-order valence-electron chi connectivity index (χ3n) is 11.7. The number of unbranched alkanes of at least 4 members (excludes halogenated alkanes) is 3. The third kappa shape index (κ3) is 15.7. The minimum Gasteiger partial charge on any atom is -0.355 e.